The van der Waals surface area contributed by atoms with Crippen molar-refractivity contribution in [3.63, 3.8) is 0 Å². The first-order valence-electron chi connectivity index (χ1n) is 6.74. The molecule has 0 radical (unpaired) electrons. The minimum atomic E-state index is -3.12. The third-order valence-corrected chi connectivity index (χ3v) is 4.85. The van der Waals surface area contributed by atoms with Gasteiger partial charge in [0.15, 0.2) is 0 Å². The molecule has 1 rings (SSSR count). The molecule has 0 aliphatic carbocycles. The van der Waals surface area contributed by atoms with Gasteiger partial charge in [0.2, 0.25) is 10.0 Å². The highest BCUT2D eigenvalue weighted by atomic mass is 32.2. The fraction of sp³-hybridized carbons (Fsp3) is 0.917. The lowest BCUT2D eigenvalue weighted by molar-refractivity contribution is -0.148. The predicted octanol–water partition coefficient (Wildman–Crippen LogP) is -0.895. The second kappa shape index (κ2) is 6.84. The summed E-state index contributed by atoms with van der Waals surface area (Å²) >= 11 is 0. The molecule has 1 unspecified atom stereocenters. The second-order valence-electron chi connectivity index (χ2n) is 5.29. The van der Waals surface area contributed by atoms with Crippen molar-refractivity contribution in [2.75, 3.05) is 52.6 Å². The Kier molecular flexibility index (Phi) is 5.93. The summed E-state index contributed by atoms with van der Waals surface area (Å²) in [5.41, 5.74) is -0.767. The van der Waals surface area contributed by atoms with Crippen LogP contribution >= 0.6 is 0 Å². The van der Waals surface area contributed by atoms with Gasteiger partial charge < -0.3 is 10.1 Å². The van der Waals surface area contributed by atoms with E-state index in [0.29, 0.717) is 39.3 Å². The van der Waals surface area contributed by atoms with Gasteiger partial charge in [0.1, 0.15) is 5.54 Å². The van der Waals surface area contributed by atoms with Gasteiger partial charge in [0, 0.05) is 32.7 Å². The Hall–Kier alpha value is -0.700. The zero-order valence-electron chi connectivity index (χ0n) is 12.7. The van der Waals surface area contributed by atoms with Crippen molar-refractivity contribution in [2.24, 2.45) is 0 Å². The van der Waals surface area contributed by atoms with E-state index < -0.39 is 15.6 Å². The number of sulfonamides is 1. The van der Waals surface area contributed by atoms with E-state index in [1.807, 2.05) is 13.8 Å². The second-order valence-corrected chi connectivity index (χ2v) is 7.27. The summed E-state index contributed by atoms with van der Waals surface area (Å²) in [7, 11) is -1.75. The van der Waals surface area contributed by atoms with Gasteiger partial charge in [0.25, 0.3) is 0 Å². The van der Waals surface area contributed by atoms with Crippen LogP contribution in [-0.4, -0.2) is 81.8 Å². The van der Waals surface area contributed by atoms with Gasteiger partial charge in [-0.25, -0.2) is 8.42 Å². The fourth-order valence-corrected chi connectivity index (χ4v) is 3.30. The maximum atomic E-state index is 11.9. The van der Waals surface area contributed by atoms with Gasteiger partial charge in [-0.3, -0.25) is 9.69 Å². The summed E-state index contributed by atoms with van der Waals surface area (Å²) in [5, 5.41) is 3.15. The quantitative estimate of drug-likeness (QED) is 0.641. The maximum Gasteiger partial charge on any atom is 0.327 e. The molecule has 1 heterocycles. The SMILES string of the molecule is CCNC(C)(CN1CCN(S(C)(=O)=O)CC1)C(=O)OC. The Morgan fingerprint density at radius 2 is 1.85 bits per heavy atom. The van der Waals surface area contributed by atoms with E-state index >= 15 is 0 Å². The summed E-state index contributed by atoms with van der Waals surface area (Å²) < 4.78 is 29.2. The molecule has 0 bridgehead atoms. The van der Waals surface area contributed by atoms with E-state index in [1.165, 1.54) is 17.7 Å². The van der Waals surface area contributed by atoms with Crippen molar-refractivity contribution in [3.05, 3.63) is 0 Å². The number of hydrogen-bond acceptors (Lipinski definition) is 6. The Bertz CT molecular complexity index is 432. The van der Waals surface area contributed by atoms with Crippen molar-refractivity contribution >= 4 is 16.0 Å². The minimum Gasteiger partial charge on any atom is -0.468 e. The first-order chi connectivity index (χ1) is 9.23. The molecule has 118 valence electrons. The third-order valence-electron chi connectivity index (χ3n) is 3.54. The van der Waals surface area contributed by atoms with Crippen LogP contribution in [0, 0.1) is 0 Å². The summed E-state index contributed by atoms with van der Waals surface area (Å²) in [6.07, 6.45) is 1.22. The molecule has 0 aromatic heterocycles. The van der Waals surface area contributed by atoms with Crippen LogP contribution in [0.5, 0.6) is 0 Å². The van der Waals surface area contributed by atoms with Gasteiger partial charge in [-0.1, -0.05) is 6.92 Å². The van der Waals surface area contributed by atoms with E-state index in [1.54, 1.807) is 0 Å². The van der Waals surface area contributed by atoms with Crippen LogP contribution in [0.15, 0.2) is 0 Å². The number of likely N-dealkylation sites (N-methyl/N-ethyl adjacent to an activating group) is 1. The molecule has 0 amide bonds. The molecule has 0 aromatic rings. The smallest absolute Gasteiger partial charge is 0.327 e. The summed E-state index contributed by atoms with van der Waals surface area (Å²) in [6, 6.07) is 0. The van der Waals surface area contributed by atoms with Gasteiger partial charge in [-0.2, -0.15) is 4.31 Å². The standard InChI is InChI=1S/C12H25N3O4S/c1-5-13-12(2,11(16)19-3)10-14-6-8-15(9-7-14)20(4,17)18/h13H,5-10H2,1-4H3. The van der Waals surface area contributed by atoms with Crippen LogP contribution in [0.2, 0.25) is 0 Å². The van der Waals surface area contributed by atoms with E-state index in [9.17, 15) is 13.2 Å². The zero-order chi connectivity index (χ0) is 15.4. The van der Waals surface area contributed by atoms with Crippen LogP contribution in [0.4, 0.5) is 0 Å². The van der Waals surface area contributed by atoms with Crippen molar-refractivity contribution in [2.45, 2.75) is 19.4 Å². The van der Waals surface area contributed by atoms with Crippen molar-refractivity contribution < 1.29 is 17.9 Å². The lowest BCUT2D eigenvalue weighted by Crippen LogP contribution is -2.60. The normalized spacial score (nSPS) is 21.4. The van der Waals surface area contributed by atoms with Crippen LogP contribution in [0.25, 0.3) is 0 Å². The highest BCUT2D eigenvalue weighted by Gasteiger charge is 2.36. The Morgan fingerprint density at radius 1 is 1.30 bits per heavy atom. The predicted molar refractivity (Wildman–Crippen MR) is 77.0 cm³/mol. The van der Waals surface area contributed by atoms with Gasteiger partial charge in [-0.15, -0.1) is 0 Å². The largest absolute Gasteiger partial charge is 0.468 e. The molecule has 20 heavy (non-hydrogen) atoms. The van der Waals surface area contributed by atoms with E-state index in [0.717, 1.165) is 0 Å². The number of hydrogen-bond donors (Lipinski definition) is 1. The lowest BCUT2D eigenvalue weighted by Gasteiger charge is -2.38. The molecular weight excluding hydrogens is 282 g/mol. The fourth-order valence-electron chi connectivity index (χ4n) is 2.47. The number of piperazine rings is 1. The number of carbonyl (C=O) groups is 1. The third kappa shape index (κ3) is 4.41. The van der Waals surface area contributed by atoms with Crippen LogP contribution in [-0.2, 0) is 19.6 Å². The van der Waals surface area contributed by atoms with Gasteiger partial charge in [0.05, 0.1) is 13.4 Å². The number of carbonyl (C=O) groups excluding carboxylic acids is 1. The molecule has 0 spiro atoms. The number of nitrogens with one attached hydrogen (secondary N) is 1. The van der Waals surface area contributed by atoms with E-state index in [-0.39, 0.29) is 5.97 Å². The first kappa shape index (κ1) is 17.4. The zero-order valence-corrected chi connectivity index (χ0v) is 13.5. The molecule has 1 fully saturated rings. The summed E-state index contributed by atoms with van der Waals surface area (Å²) in [6.45, 7) is 7.06. The minimum absolute atomic E-state index is 0.301. The highest BCUT2D eigenvalue weighted by molar-refractivity contribution is 7.88. The number of methoxy groups -OCH3 is 1. The van der Waals surface area contributed by atoms with Gasteiger partial charge >= 0.3 is 5.97 Å². The van der Waals surface area contributed by atoms with Crippen molar-refractivity contribution in [3.8, 4) is 0 Å². The maximum absolute atomic E-state index is 11.9. The molecule has 0 saturated carbocycles. The van der Waals surface area contributed by atoms with Crippen LogP contribution < -0.4 is 5.32 Å². The average molecular weight is 307 g/mol. The molecule has 1 atom stereocenters. The highest BCUT2D eigenvalue weighted by Crippen LogP contribution is 2.13. The summed E-state index contributed by atoms with van der Waals surface area (Å²) in [4.78, 5) is 14.0. The van der Waals surface area contributed by atoms with Crippen molar-refractivity contribution in [1.29, 1.82) is 0 Å². The first-order valence-corrected chi connectivity index (χ1v) is 8.58. The molecule has 1 aliphatic heterocycles. The van der Waals surface area contributed by atoms with Crippen molar-refractivity contribution in [1.82, 2.24) is 14.5 Å². The number of ether oxygens (including phenoxy) is 1. The molecule has 7 nitrogen and oxygen atoms in total. The Morgan fingerprint density at radius 3 is 2.25 bits per heavy atom. The molecule has 1 aliphatic rings. The average Bonchev–Trinajstić information content (AvgIpc) is 2.37. The topological polar surface area (TPSA) is 79.0 Å². The molecule has 1 saturated heterocycles. The molecular formula is C12H25N3O4S. The van der Waals surface area contributed by atoms with E-state index in [4.69, 9.17) is 4.74 Å². The monoisotopic (exact) mass is 307 g/mol. The molecule has 8 heteroatoms. The van der Waals surface area contributed by atoms with Crippen LogP contribution in [0.1, 0.15) is 13.8 Å². The molecule has 0 aromatic carbocycles. The number of rotatable bonds is 6. The number of nitrogens with zero attached hydrogens (tertiary/aromatic N) is 2. The van der Waals surface area contributed by atoms with Crippen LogP contribution in [0.3, 0.4) is 0 Å². The summed E-state index contributed by atoms with van der Waals surface area (Å²) in [5.74, 6) is -0.301. The molecule has 1 N–H and O–H groups in total. The van der Waals surface area contributed by atoms with Gasteiger partial charge in [-0.05, 0) is 13.5 Å². The Labute approximate surface area is 121 Å². The lowest BCUT2D eigenvalue weighted by atomic mass is 10.0. The van der Waals surface area contributed by atoms with E-state index in [2.05, 4.69) is 10.2 Å². The Balaban J connectivity index is 2.63. The number of esters is 1.